The van der Waals surface area contributed by atoms with Crippen molar-refractivity contribution in [2.24, 2.45) is 5.92 Å². The van der Waals surface area contributed by atoms with Gasteiger partial charge in [0.25, 0.3) is 17.7 Å². The Balaban J connectivity index is 1.24. The second kappa shape index (κ2) is 13.2. The second-order valence-corrected chi connectivity index (χ2v) is 11.7. The lowest BCUT2D eigenvalue weighted by Gasteiger charge is -2.39. The highest BCUT2D eigenvalue weighted by Gasteiger charge is 2.41. The van der Waals surface area contributed by atoms with Gasteiger partial charge in [0.2, 0.25) is 0 Å². The summed E-state index contributed by atoms with van der Waals surface area (Å²) in [7, 11) is 0. The maximum absolute atomic E-state index is 13.3. The maximum Gasteiger partial charge on any atom is 0.416 e. The molecule has 1 N–H and O–H groups in total. The van der Waals surface area contributed by atoms with Crippen LogP contribution >= 0.6 is 23.2 Å². The maximum atomic E-state index is 13.3. The van der Waals surface area contributed by atoms with Crippen LogP contribution in [-0.2, 0) is 11.0 Å². The molecule has 13 heteroatoms. The van der Waals surface area contributed by atoms with Gasteiger partial charge >= 0.3 is 6.18 Å². The number of hydrogen-bond donors (Lipinski definition) is 1. The van der Waals surface area contributed by atoms with E-state index in [0.29, 0.717) is 44.5 Å². The Labute approximate surface area is 262 Å². The van der Waals surface area contributed by atoms with E-state index in [1.165, 1.54) is 36.7 Å². The fraction of sp³-hybridized carbons (Fsp3) is 0.355. The minimum absolute atomic E-state index is 0.0984. The van der Waals surface area contributed by atoms with Gasteiger partial charge in [0.15, 0.2) is 0 Å². The molecule has 3 amide bonds. The van der Waals surface area contributed by atoms with Gasteiger partial charge in [-0.3, -0.25) is 24.2 Å². The summed E-state index contributed by atoms with van der Waals surface area (Å²) in [6, 6.07) is 11.1. The van der Waals surface area contributed by atoms with Crippen molar-refractivity contribution < 1.29 is 32.4 Å². The summed E-state index contributed by atoms with van der Waals surface area (Å²) >= 11 is 12.2. The molecule has 0 spiro atoms. The third-order valence-electron chi connectivity index (χ3n) is 8.10. The summed E-state index contributed by atoms with van der Waals surface area (Å²) in [5, 5.41) is 3.89. The number of fused-ring (bicyclic) bond motifs is 1. The lowest BCUT2D eigenvalue weighted by atomic mass is 9.86. The van der Waals surface area contributed by atoms with Crippen LogP contribution in [0.25, 0.3) is 0 Å². The van der Waals surface area contributed by atoms with E-state index in [0.717, 1.165) is 17.2 Å². The predicted octanol–water partition coefficient (Wildman–Crippen LogP) is 6.60. The van der Waals surface area contributed by atoms with Crippen LogP contribution in [0.2, 0.25) is 10.0 Å². The van der Waals surface area contributed by atoms with Crippen molar-refractivity contribution in [1.82, 2.24) is 20.3 Å². The minimum atomic E-state index is -4.50. The van der Waals surface area contributed by atoms with Crippen LogP contribution in [-0.4, -0.2) is 58.3 Å². The van der Waals surface area contributed by atoms with Crippen LogP contribution in [0, 0.1) is 5.92 Å². The van der Waals surface area contributed by atoms with Gasteiger partial charge in [-0.05, 0) is 75.0 Å². The molecule has 1 fully saturated rings. The molecule has 2 aromatic carbocycles. The number of hydrogen-bond acceptors (Lipinski definition) is 6. The first-order chi connectivity index (χ1) is 21.0. The third kappa shape index (κ3) is 6.76. The summed E-state index contributed by atoms with van der Waals surface area (Å²) in [6.07, 6.45) is -0.774. The van der Waals surface area contributed by atoms with Gasteiger partial charge in [-0.1, -0.05) is 47.5 Å². The van der Waals surface area contributed by atoms with Gasteiger partial charge in [0.1, 0.15) is 6.10 Å². The molecule has 2 aliphatic heterocycles. The number of likely N-dealkylation sites (tertiary alicyclic amines) is 1. The largest absolute Gasteiger partial charge is 0.416 e. The fourth-order valence-electron chi connectivity index (χ4n) is 5.61. The Morgan fingerprint density at radius 2 is 1.57 bits per heavy atom. The molecule has 3 aromatic rings. The zero-order valence-corrected chi connectivity index (χ0v) is 25.1. The average molecular weight is 649 g/mol. The molecule has 2 atom stereocenters. The smallest absolute Gasteiger partial charge is 0.352 e. The molecule has 3 heterocycles. The van der Waals surface area contributed by atoms with Crippen LogP contribution in [0.3, 0.4) is 0 Å². The van der Waals surface area contributed by atoms with E-state index >= 15 is 0 Å². The van der Waals surface area contributed by atoms with Crippen molar-refractivity contribution in [3.05, 3.63) is 98.8 Å². The summed E-state index contributed by atoms with van der Waals surface area (Å²) in [5.74, 6) is -1.79. The van der Waals surface area contributed by atoms with Crippen LogP contribution < -0.4 is 5.32 Å². The average Bonchev–Trinajstić information content (AvgIpc) is 3.24. The number of carbonyl (C=O) groups is 3. The Kier molecular flexibility index (Phi) is 9.59. The van der Waals surface area contributed by atoms with E-state index in [1.807, 2.05) is 6.92 Å². The van der Waals surface area contributed by atoms with Crippen molar-refractivity contribution in [2.45, 2.75) is 44.5 Å². The molecule has 2 unspecified atom stereocenters. The molecular formula is C31H29Cl2F3N4O4. The number of carbonyl (C=O) groups excluding carboxylic acids is 3. The first-order valence-corrected chi connectivity index (χ1v) is 14.8. The normalized spacial score (nSPS) is 17.5. The number of nitrogens with zero attached hydrogens (tertiary/aromatic N) is 3. The number of aromatic nitrogens is 1. The monoisotopic (exact) mass is 648 g/mol. The highest BCUT2D eigenvalue weighted by Crippen LogP contribution is 2.38. The van der Waals surface area contributed by atoms with Crippen molar-refractivity contribution in [3.63, 3.8) is 0 Å². The number of benzene rings is 2. The molecule has 0 saturated carbocycles. The molecule has 0 aliphatic carbocycles. The van der Waals surface area contributed by atoms with Gasteiger partial charge in [-0.2, -0.15) is 13.2 Å². The minimum Gasteiger partial charge on any atom is -0.352 e. The highest BCUT2D eigenvalue weighted by atomic mass is 35.5. The quantitative estimate of drug-likeness (QED) is 0.263. The van der Waals surface area contributed by atoms with Crippen molar-refractivity contribution in [2.75, 3.05) is 19.6 Å². The van der Waals surface area contributed by atoms with Crippen molar-refractivity contribution >= 4 is 40.9 Å². The molecule has 2 aliphatic rings. The Morgan fingerprint density at radius 1 is 1.00 bits per heavy atom. The predicted molar refractivity (Wildman–Crippen MR) is 157 cm³/mol. The molecular weight excluding hydrogens is 620 g/mol. The molecule has 1 saturated heterocycles. The molecule has 232 valence electrons. The van der Waals surface area contributed by atoms with E-state index < -0.39 is 35.6 Å². The standard InChI is InChI=1S/C31H29Cl2F3N4O4/c1-18(10-13-38-28(41)26-24(32)16-37-17-25(26)33)39-14-11-20(12-15-39)27(19-6-8-21(9-7-19)31(34,35)36)44-40-29(42)22-4-2-3-5-23(22)30(40)43/h2-9,16-18,20,27H,10-15H2,1H3,(H,38,41). The molecule has 1 aromatic heterocycles. The summed E-state index contributed by atoms with van der Waals surface area (Å²) in [4.78, 5) is 50.8. The zero-order chi connectivity index (χ0) is 31.6. The Bertz CT molecular complexity index is 1490. The van der Waals surface area contributed by atoms with Gasteiger partial charge in [-0.15, -0.1) is 5.06 Å². The summed E-state index contributed by atoms with van der Waals surface area (Å²) in [5.41, 5.74) is 0.243. The lowest BCUT2D eigenvalue weighted by Crippen LogP contribution is -2.43. The lowest BCUT2D eigenvalue weighted by molar-refractivity contribution is -0.158. The molecule has 44 heavy (non-hydrogen) atoms. The first-order valence-electron chi connectivity index (χ1n) is 14.1. The van der Waals surface area contributed by atoms with E-state index in [4.69, 9.17) is 28.0 Å². The molecule has 0 radical (unpaired) electrons. The van der Waals surface area contributed by atoms with Gasteiger partial charge in [0, 0.05) is 25.0 Å². The number of halogens is 5. The van der Waals surface area contributed by atoms with Gasteiger partial charge < -0.3 is 10.2 Å². The van der Waals surface area contributed by atoms with E-state index in [-0.39, 0.29) is 38.7 Å². The van der Waals surface area contributed by atoms with Crippen LogP contribution in [0.15, 0.2) is 60.9 Å². The topological polar surface area (TPSA) is 91.8 Å². The number of rotatable bonds is 9. The Hall–Kier alpha value is -3.51. The van der Waals surface area contributed by atoms with Gasteiger partial charge in [0.05, 0.1) is 32.3 Å². The number of alkyl halides is 3. The summed E-state index contributed by atoms with van der Waals surface area (Å²) in [6.45, 7) is 3.71. The van der Waals surface area contributed by atoms with Crippen LogP contribution in [0.5, 0.6) is 0 Å². The fourth-order valence-corrected chi connectivity index (χ4v) is 6.15. The van der Waals surface area contributed by atoms with E-state index in [1.54, 1.807) is 12.1 Å². The third-order valence-corrected chi connectivity index (χ3v) is 8.67. The number of amides is 3. The number of imide groups is 1. The number of piperidine rings is 1. The van der Waals surface area contributed by atoms with Crippen LogP contribution in [0.4, 0.5) is 13.2 Å². The first kappa shape index (κ1) is 31.9. The van der Waals surface area contributed by atoms with E-state index in [9.17, 15) is 27.6 Å². The number of nitrogens with one attached hydrogen (secondary N) is 1. The van der Waals surface area contributed by atoms with Crippen molar-refractivity contribution in [1.29, 1.82) is 0 Å². The van der Waals surface area contributed by atoms with Crippen LogP contribution in [0.1, 0.15) is 74.5 Å². The molecule has 5 rings (SSSR count). The second-order valence-electron chi connectivity index (χ2n) is 10.8. The van der Waals surface area contributed by atoms with Gasteiger partial charge in [-0.25, -0.2) is 0 Å². The SMILES string of the molecule is CC(CCNC(=O)c1c(Cl)cncc1Cl)N1CCC(C(ON2C(=O)c3ccccc3C2=O)c2ccc(C(F)(F)F)cc2)CC1. The molecule has 8 nitrogen and oxygen atoms in total. The Morgan fingerprint density at radius 3 is 2.11 bits per heavy atom. The molecule has 0 bridgehead atoms. The van der Waals surface area contributed by atoms with E-state index in [2.05, 4.69) is 15.2 Å². The number of pyridine rings is 1. The number of hydroxylamine groups is 2. The highest BCUT2D eigenvalue weighted by molar-refractivity contribution is 6.39. The van der Waals surface area contributed by atoms with Crippen molar-refractivity contribution in [3.8, 4) is 0 Å². The zero-order valence-electron chi connectivity index (χ0n) is 23.6. The summed E-state index contributed by atoms with van der Waals surface area (Å²) < 4.78 is 39.8.